The predicted molar refractivity (Wildman–Crippen MR) is 80.7 cm³/mol. The number of aromatic nitrogens is 1. The quantitative estimate of drug-likeness (QED) is 0.919. The summed E-state index contributed by atoms with van der Waals surface area (Å²) in [7, 11) is 0. The molecule has 2 rings (SSSR count). The third-order valence-electron chi connectivity index (χ3n) is 3.38. The van der Waals surface area contributed by atoms with Gasteiger partial charge in [0.1, 0.15) is 12.4 Å². The van der Waals surface area contributed by atoms with Gasteiger partial charge >= 0.3 is 0 Å². The van der Waals surface area contributed by atoms with E-state index in [4.69, 9.17) is 0 Å². The largest absolute Gasteiger partial charge is 0.352 e. The monoisotopic (exact) mass is 290 g/mol. The number of benzene rings is 1. The number of hydrogen-bond donors (Lipinski definition) is 1. The van der Waals surface area contributed by atoms with Crippen LogP contribution in [0.2, 0.25) is 0 Å². The Kier molecular flexibility index (Phi) is 4.73. The summed E-state index contributed by atoms with van der Waals surface area (Å²) >= 11 is 0. The molecule has 0 fully saturated rings. The molecule has 0 spiro atoms. The molecular weight excluding hydrogens is 271 g/mol. The zero-order valence-corrected chi connectivity index (χ0v) is 12.2. The highest BCUT2D eigenvalue weighted by Gasteiger charge is 2.10. The SMILES string of the molecule is CCC[C@H](C)NC(=O)Cn1ccc(=O)c2cc(F)ccc21. The number of rotatable bonds is 5. The molecule has 0 saturated carbocycles. The minimum atomic E-state index is -0.460. The van der Waals surface area contributed by atoms with Crippen LogP contribution >= 0.6 is 0 Å². The third kappa shape index (κ3) is 3.68. The van der Waals surface area contributed by atoms with Gasteiger partial charge in [0, 0.05) is 23.7 Å². The van der Waals surface area contributed by atoms with E-state index in [0.717, 1.165) is 12.8 Å². The van der Waals surface area contributed by atoms with Crippen molar-refractivity contribution in [3.8, 4) is 0 Å². The number of pyridine rings is 1. The first kappa shape index (κ1) is 15.2. The minimum Gasteiger partial charge on any atom is -0.352 e. The molecule has 1 aromatic carbocycles. The molecule has 5 heteroatoms. The molecule has 0 aliphatic carbocycles. The standard InChI is InChI=1S/C16H19FN2O2/c1-3-4-11(2)18-16(21)10-19-8-7-15(20)13-9-12(17)5-6-14(13)19/h5-9,11H,3-4,10H2,1-2H3,(H,18,21)/t11-/m0/s1. The van der Waals surface area contributed by atoms with Crippen LogP contribution < -0.4 is 10.7 Å². The summed E-state index contributed by atoms with van der Waals surface area (Å²) in [4.78, 5) is 23.8. The van der Waals surface area contributed by atoms with Crippen LogP contribution in [0.15, 0.2) is 35.3 Å². The van der Waals surface area contributed by atoms with Gasteiger partial charge in [0.15, 0.2) is 5.43 Å². The van der Waals surface area contributed by atoms with Gasteiger partial charge in [-0.05, 0) is 31.5 Å². The first-order chi connectivity index (χ1) is 10.0. The van der Waals surface area contributed by atoms with Crippen molar-refractivity contribution >= 4 is 16.8 Å². The van der Waals surface area contributed by atoms with Gasteiger partial charge < -0.3 is 9.88 Å². The molecule has 1 N–H and O–H groups in total. The number of nitrogens with one attached hydrogen (secondary N) is 1. The van der Waals surface area contributed by atoms with Crippen molar-refractivity contribution in [1.82, 2.24) is 9.88 Å². The first-order valence-corrected chi connectivity index (χ1v) is 7.09. The number of carbonyl (C=O) groups excluding carboxylic acids is 1. The highest BCUT2D eigenvalue weighted by atomic mass is 19.1. The number of nitrogens with zero attached hydrogens (tertiary/aromatic N) is 1. The summed E-state index contributed by atoms with van der Waals surface area (Å²) in [5.74, 6) is -0.580. The number of fused-ring (bicyclic) bond motifs is 1. The summed E-state index contributed by atoms with van der Waals surface area (Å²) in [6.45, 7) is 4.13. The number of carbonyl (C=O) groups is 1. The van der Waals surface area contributed by atoms with Crippen molar-refractivity contribution in [2.75, 3.05) is 0 Å². The van der Waals surface area contributed by atoms with Gasteiger partial charge in [0.25, 0.3) is 0 Å². The van der Waals surface area contributed by atoms with Gasteiger partial charge in [0.2, 0.25) is 5.91 Å². The fraction of sp³-hybridized carbons (Fsp3) is 0.375. The lowest BCUT2D eigenvalue weighted by Crippen LogP contribution is -2.35. The van der Waals surface area contributed by atoms with E-state index in [-0.39, 0.29) is 29.3 Å². The Hall–Kier alpha value is -2.17. The normalized spacial score (nSPS) is 12.3. The van der Waals surface area contributed by atoms with E-state index in [1.54, 1.807) is 10.8 Å². The smallest absolute Gasteiger partial charge is 0.240 e. The molecule has 1 amide bonds. The highest BCUT2D eigenvalue weighted by Crippen LogP contribution is 2.12. The lowest BCUT2D eigenvalue weighted by atomic mass is 10.2. The van der Waals surface area contributed by atoms with E-state index < -0.39 is 5.82 Å². The van der Waals surface area contributed by atoms with Crippen LogP contribution in [0, 0.1) is 5.82 Å². The fourth-order valence-electron chi connectivity index (χ4n) is 2.40. The van der Waals surface area contributed by atoms with Crippen LogP contribution in [-0.2, 0) is 11.3 Å². The van der Waals surface area contributed by atoms with Gasteiger partial charge in [-0.25, -0.2) is 4.39 Å². The van der Waals surface area contributed by atoms with Crippen LogP contribution in [0.1, 0.15) is 26.7 Å². The maximum Gasteiger partial charge on any atom is 0.240 e. The minimum absolute atomic E-state index is 0.108. The lowest BCUT2D eigenvalue weighted by Gasteiger charge is -2.15. The zero-order chi connectivity index (χ0) is 15.4. The summed E-state index contributed by atoms with van der Waals surface area (Å²) in [5.41, 5.74) is 0.308. The van der Waals surface area contributed by atoms with Crippen LogP contribution in [0.25, 0.3) is 10.9 Å². The Bertz CT molecular complexity index is 709. The van der Waals surface area contributed by atoms with Crippen LogP contribution in [0.4, 0.5) is 4.39 Å². The molecular formula is C16H19FN2O2. The van der Waals surface area contributed by atoms with Crippen LogP contribution in [0.5, 0.6) is 0 Å². The predicted octanol–water partition coefficient (Wildman–Crippen LogP) is 2.45. The van der Waals surface area contributed by atoms with Gasteiger partial charge in [-0.15, -0.1) is 0 Å². The molecule has 21 heavy (non-hydrogen) atoms. The maximum atomic E-state index is 13.2. The second-order valence-electron chi connectivity index (χ2n) is 5.23. The molecule has 1 atom stereocenters. The summed E-state index contributed by atoms with van der Waals surface area (Å²) in [6, 6.07) is 5.48. The van der Waals surface area contributed by atoms with E-state index in [1.807, 2.05) is 6.92 Å². The fourth-order valence-corrected chi connectivity index (χ4v) is 2.40. The Morgan fingerprint density at radius 3 is 2.86 bits per heavy atom. The molecule has 1 aromatic heterocycles. The Labute approximate surface area is 122 Å². The molecule has 2 aromatic rings. The van der Waals surface area contributed by atoms with E-state index in [0.29, 0.717) is 5.52 Å². The third-order valence-corrected chi connectivity index (χ3v) is 3.38. The molecule has 4 nitrogen and oxygen atoms in total. The number of halogens is 1. The Morgan fingerprint density at radius 2 is 2.14 bits per heavy atom. The number of hydrogen-bond acceptors (Lipinski definition) is 2. The summed E-state index contributed by atoms with van der Waals surface area (Å²) in [5, 5.41) is 3.19. The highest BCUT2D eigenvalue weighted by molar-refractivity contribution is 5.82. The van der Waals surface area contributed by atoms with Crippen LogP contribution in [-0.4, -0.2) is 16.5 Å². The number of amides is 1. The average Bonchev–Trinajstić information content (AvgIpc) is 2.42. The van der Waals surface area contributed by atoms with E-state index >= 15 is 0 Å². The van der Waals surface area contributed by atoms with Gasteiger partial charge in [0.05, 0.1) is 5.52 Å². The molecule has 0 aliphatic rings. The molecule has 0 bridgehead atoms. The van der Waals surface area contributed by atoms with Gasteiger partial charge in [-0.1, -0.05) is 13.3 Å². The van der Waals surface area contributed by atoms with Crippen molar-refractivity contribution < 1.29 is 9.18 Å². The average molecular weight is 290 g/mol. The van der Waals surface area contributed by atoms with Crippen molar-refractivity contribution in [2.24, 2.45) is 0 Å². The molecule has 0 aliphatic heterocycles. The lowest BCUT2D eigenvalue weighted by molar-refractivity contribution is -0.122. The van der Waals surface area contributed by atoms with Crippen molar-refractivity contribution in [3.63, 3.8) is 0 Å². The molecule has 0 saturated heterocycles. The maximum absolute atomic E-state index is 13.2. The molecule has 0 unspecified atom stereocenters. The Balaban J connectivity index is 2.25. The van der Waals surface area contributed by atoms with E-state index in [2.05, 4.69) is 12.2 Å². The molecule has 0 radical (unpaired) electrons. The topological polar surface area (TPSA) is 51.1 Å². The summed E-state index contributed by atoms with van der Waals surface area (Å²) < 4.78 is 14.9. The first-order valence-electron chi connectivity index (χ1n) is 7.09. The van der Waals surface area contributed by atoms with Crippen molar-refractivity contribution in [2.45, 2.75) is 39.3 Å². The van der Waals surface area contributed by atoms with Gasteiger partial charge in [-0.3, -0.25) is 9.59 Å². The second kappa shape index (κ2) is 6.52. The van der Waals surface area contributed by atoms with Crippen molar-refractivity contribution in [1.29, 1.82) is 0 Å². The van der Waals surface area contributed by atoms with Crippen LogP contribution in [0.3, 0.4) is 0 Å². The molecule has 112 valence electrons. The van der Waals surface area contributed by atoms with E-state index in [9.17, 15) is 14.0 Å². The van der Waals surface area contributed by atoms with Gasteiger partial charge in [-0.2, -0.15) is 0 Å². The Morgan fingerprint density at radius 1 is 1.38 bits per heavy atom. The zero-order valence-electron chi connectivity index (χ0n) is 12.2. The molecule has 1 heterocycles. The summed E-state index contributed by atoms with van der Waals surface area (Å²) in [6.07, 6.45) is 3.48. The van der Waals surface area contributed by atoms with E-state index in [1.165, 1.54) is 24.3 Å². The van der Waals surface area contributed by atoms with Crippen molar-refractivity contribution in [3.05, 3.63) is 46.5 Å². The second-order valence-corrected chi connectivity index (χ2v) is 5.23.